The monoisotopic (exact) mass is 459 g/mol. The van der Waals surface area contributed by atoms with E-state index in [9.17, 15) is 26.7 Å². The minimum Gasteiger partial charge on any atom is -0.478 e. The average molecular weight is 459 g/mol. The van der Waals surface area contributed by atoms with E-state index in [0.29, 0.717) is 18.4 Å². The van der Waals surface area contributed by atoms with Gasteiger partial charge in [-0.25, -0.2) is 14.8 Å². The quantitative estimate of drug-likeness (QED) is 0.590. The fraction of sp³-hybridized carbons (Fsp3) is 0.476. The average Bonchev–Trinajstić information content (AvgIpc) is 2.77. The van der Waals surface area contributed by atoms with Crippen LogP contribution in [0, 0.1) is 0 Å². The zero-order valence-electron chi connectivity index (χ0n) is 17.1. The molecule has 1 fully saturated rings. The van der Waals surface area contributed by atoms with E-state index in [1.165, 1.54) is 19.1 Å². The van der Waals surface area contributed by atoms with Crippen LogP contribution in [0.25, 0.3) is 0 Å². The van der Waals surface area contributed by atoms with Crippen molar-refractivity contribution in [2.75, 3.05) is 18.1 Å². The van der Waals surface area contributed by atoms with Gasteiger partial charge in [0.05, 0.1) is 23.8 Å². The Hall–Kier alpha value is -2.82. The van der Waals surface area contributed by atoms with Crippen LogP contribution in [0.4, 0.5) is 27.9 Å². The Bertz CT molecular complexity index is 920. The van der Waals surface area contributed by atoms with Gasteiger partial charge in [-0.15, -0.1) is 0 Å². The third-order valence-electron chi connectivity index (χ3n) is 5.46. The number of benzene rings is 1. The molecule has 0 radical (unpaired) electrons. The summed E-state index contributed by atoms with van der Waals surface area (Å²) >= 11 is 0. The number of carboxylic acids is 1. The van der Waals surface area contributed by atoms with Crippen molar-refractivity contribution in [1.29, 1.82) is 0 Å². The molecule has 0 bridgehead atoms. The number of piperidine rings is 1. The number of alkyl halides is 5. The Morgan fingerprint density at radius 1 is 1.12 bits per heavy atom. The molecule has 1 N–H and O–H groups in total. The lowest BCUT2D eigenvalue weighted by atomic mass is 9.87. The molecule has 2 heterocycles. The van der Waals surface area contributed by atoms with E-state index in [1.807, 2.05) is 0 Å². The van der Waals surface area contributed by atoms with Gasteiger partial charge in [0.1, 0.15) is 0 Å². The number of ether oxygens (including phenoxy) is 1. The second-order valence-corrected chi connectivity index (χ2v) is 7.58. The van der Waals surface area contributed by atoms with Gasteiger partial charge in [-0.1, -0.05) is 19.1 Å². The van der Waals surface area contributed by atoms with Gasteiger partial charge >= 0.3 is 18.3 Å². The van der Waals surface area contributed by atoms with Crippen molar-refractivity contribution >= 4 is 11.9 Å². The van der Waals surface area contributed by atoms with Crippen molar-refractivity contribution < 1.29 is 36.6 Å². The first-order valence-electron chi connectivity index (χ1n) is 10.0. The maximum absolute atomic E-state index is 13.6. The summed E-state index contributed by atoms with van der Waals surface area (Å²) in [6.07, 6.45) is -5.03. The normalized spacial score (nSPS) is 19.8. The summed E-state index contributed by atoms with van der Waals surface area (Å²) in [6, 6.07) is 4.32. The van der Waals surface area contributed by atoms with Crippen LogP contribution in [-0.2, 0) is 10.9 Å². The molecule has 0 amide bonds. The number of halogens is 5. The number of carbonyl (C=O) groups is 1. The Morgan fingerprint density at radius 2 is 1.75 bits per heavy atom. The molecule has 0 spiro atoms. The zero-order valence-corrected chi connectivity index (χ0v) is 17.1. The highest BCUT2D eigenvalue weighted by atomic mass is 19.4. The van der Waals surface area contributed by atoms with Gasteiger partial charge in [-0.2, -0.15) is 22.0 Å². The molecule has 1 saturated heterocycles. The first kappa shape index (κ1) is 23.8. The fourth-order valence-corrected chi connectivity index (χ4v) is 3.56. The summed E-state index contributed by atoms with van der Waals surface area (Å²) in [7, 11) is 0. The molecule has 1 aromatic heterocycles. The maximum Gasteiger partial charge on any atom is 0.416 e. The predicted octanol–water partition coefficient (Wildman–Crippen LogP) is 4.97. The number of nitrogens with zero attached hydrogens (tertiary/aromatic N) is 3. The molecule has 6 nitrogen and oxygen atoms in total. The summed E-state index contributed by atoms with van der Waals surface area (Å²) in [5.41, 5.74) is -0.214. The molecule has 1 aliphatic heterocycles. The van der Waals surface area contributed by atoms with Crippen LogP contribution in [0.15, 0.2) is 36.7 Å². The summed E-state index contributed by atoms with van der Waals surface area (Å²) < 4.78 is 70.6. The van der Waals surface area contributed by atoms with Gasteiger partial charge in [0.15, 0.2) is 0 Å². The Labute approximate surface area is 181 Å². The van der Waals surface area contributed by atoms with Crippen LogP contribution < -0.4 is 4.90 Å². The molecule has 174 valence electrons. The molecule has 1 unspecified atom stereocenters. The molecule has 2 aromatic rings. The summed E-state index contributed by atoms with van der Waals surface area (Å²) in [4.78, 5) is 20.8. The standard InChI is InChI=1S/C21H22F5N3O3/c1-2-20(22,23)32-12-17-8-5-14(13-3-6-16(7-4-13)21(24,25)26)11-29(17)19-27-9-15(10-28-19)18(30)31/h3-4,6-7,9-10,14,17H,2,5,8,11-12H2,1H3,(H,30,31)/t14?,17-/m0/s1. The lowest BCUT2D eigenvalue weighted by molar-refractivity contribution is -0.242. The third kappa shape index (κ3) is 5.70. The number of hydrogen-bond donors (Lipinski definition) is 1. The number of carboxylic acid groups (broad SMARTS) is 1. The molecule has 3 rings (SSSR count). The summed E-state index contributed by atoms with van der Waals surface area (Å²) in [5, 5.41) is 9.03. The van der Waals surface area contributed by atoms with E-state index in [1.54, 1.807) is 4.90 Å². The van der Waals surface area contributed by atoms with Gasteiger partial charge in [-0.3, -0.25) is 0 Å². The van der Waals surface area contributed by atoms with Crippen molar-refractivity contribution in [3.8, 4) is 0 Å². The molecule has 1 aromatic carbocycles. The lowest BCUT2D eigenvalue weighted by Gasteiger charge is -2.40. The number of hydrogen-bond acceptors (Lipinski definition) is 5. The second-order valence-electron chi connectivity index (χ2n) is 7.58. The smallest absolute Gasteiger partial charge is 0.416 e. The van der Waals surface area contributed by atoms with Gasteiger partial charge in [0, 0.05) is 31.3 Å². The van der Waals surface area contributed by atoms with Crippen molar-refractivity contribution in [2.24, 2.45) is 0 Å². The van der Waals surface area contributed by atoms with Crippen LogP contribution in [0.3, 0.4) is 0 Å². The van der Waals surface area contributed by atoms with Crippen LogP contribution in [0.2, 0.25) is 0 Å². The summed E-state index contributed by atoms with van der Waals surface area (Å²) in [6.45, 7) is 1.25. The van der Waals surface area contributed by atoms with E-state index in [-0.39, 0.29) is 30.6 Å². The van der Waals surface area contributed by atoms with E-state index in [4.69, 9.17) is 9.84 Å². The van der Waals surface area contributed by atoms with Gasteiger partial charge < -0.3 is 14.7 Å². The lowest BCUT2D eigenvalue weighted by Crippen LogP contribution is -2.47. The van der Waals surface area contributed by atoms with Crippen molar-refractivity contribution in [2.45, 2.75) is 50.4 Å². The minimum absolute atomic E-state index is 0.129. The summed E-state index contributed by atoms with van der Waals surface area (Å²) in [5.74, 6) is -1.26. The Morgan fingerprint density at radius 3 is 2.28 bits per heavy atom. The zero-order chi connectivity index (χ0) is 23.5. The molecule has 11 heteroatoms. The van der Waals surface area contributed by atoms with Crippen molar-refractivity contribution in [1.82, 2.24) is 9.97 Å². The number of anilines is 1. The largest absolute Gasteiger partial charge is 0.478 e. The SMILES string of the molecule is CCC(F)(F)OC[C@@H]1CCC(c2ccc(C(F)(F)F)cc2)CN1c1ncc(C(=O)O)cn1. The van der Waals surface area contributed by atoms with E-state index >= 15 is 0 Å². The van der Waals surface area contributed by atoms with Gasteiger partial charge in [-0.05, 0) is 30.5 Å². The predicted molar refractivity (Wildman–Crippen MR) is 105 cm³/mol. The molecule has 2 atom stereocenters. The van der Waals surface area contributed by atoms with Crippen LogP contribution in [-0.4, -0.2) is 46.3 Å². The molecule has 0 aliphatic carbocycles. The fourth-order valence-electron chi connectivity index (χ4n) is 3.56. The number of aromatic carboxylic acids is 1. The van der Waals surface area contributed by atoms with Crippen molar-refractivity contribution in [3.63, 3.8) is 0 Å². The first-order chi connectivity index (χ1) is 15.0. The van der Waals surface area contributed by atoms with Crippen LogP contribution >= 0.6 is 0 Å². The highest BCUT2D eigenvalue weighted by Gasteiger charge is 2.35. The Balaban J connectivity index is 1.83. The van der Waals surface area contributed by atoms with E-state index in [0.717, 1.165) is 24.5 Å². The second kappa shape index (κ2) is 9.35. The first-order valence-corrected chi connectivity index (χ1v) is 10.0. The van der Waals surface area contributed by atoms with Gasteiger partial charge in [0.2, 0.25) is 5.95 Å². The maximum atomic E-state index is 13.6. The van der Waals surface area contributed by atoms with E-state index in [2.05, 4.69) is 9.97 Å². The number of aromatic nitrogens is 2. The highest BCUT2D eigenvalue weighted by molar-refractivity contribution is 5.86. The Kier molecular flexibility index (Phi) is 6.97. The minimum atomic E-state index is -4.44. The molecule has 0 saturated carbocycles. The number of rotatable bonds is 7. The van der Waals surface area contributed by atoms with Crippen LogP contribution in [0.5, 0.6) is 0 Å². The van der Waals surface area contributed by atoms with E-state index < -0.39 is 36.3 Å². The van der Waals surface area contributed by atoms with Gasteiger partial charge in [0.25, 0.3) is 0 Å². The highest BCUT2D eigenvalue weighted by Crippen LogP contribution is 2.35. The molecular weight excluding hydrogens is 437 g/mol. The third-order valence-corrected chi connectivity index (χ3v) is 5.46. The van der Waals surface area contributed by atoms with Crippen molar-refractivity contribution in [3.05, 3.63) is 53.3 Å². The molecule has 1 aliphatic rings. The van der Waals surface area contributed by atoms with Crippen LogP contribution in [0.1, 0.15) is 53.6 Å². The molecular formula is C21H22F5N3O3. The molecule has 32 heavy (non-hydrogen) atoms. The topological polar surface area (TPSA) is 75.5 Å².